The predicted octanol–water partition coefficient (Wildman–Crippen LogP) is 3.62. The van der Waals surface area contributed by atoms with E-state index in [1.54, 1.807) is 30.7 Å². The topological polar surface area (TPSA) is 70.1 Å². The summed E-state index contributed by atoms with van der Waals surface area (Å²) >= 11 is 0. The van der Waals surface area contributed by atoms with Crippen LogP contribution in [-0.4, -0.2) is 22.1 Å². The highest BCUT2D eigenvalue weighted by Crippen LogP contribution is 2.21. The molecular weight excluding hydrogens is 300 g/mol. The molecule has 2 N–H and O–H groups in total. The molecule has 122 valence electrons. The van der Waals surface area contributed by atoms with Crippen LogP contribution in [0, 0.1) is 0 Å². The molecule has 0 unspecified atom stereocenters. The Labute approximate surface area is 140 Å². The number of fused-ring (bicyclic) bond motifs is 1. The molecule has 0 aliphatic heterocycles. The van der Waals surface area contributed by atoms with Gasteiger partial charge in [0.25, 0.3) is 5.91 Å². The molecule has 2 aromatic carbocycles. The number of hydrazone groups is 1. The minimum Gasteiger partial charge on any atom is -0.345 e. The molecule has 5 heteroatoms. The Hall–Kier alpha value is -2.95. The smallest absolute Gasteiger partial charge is 0.271 e. The molecule has 0 spiro atoms. The number of H-pyrrole nitrogens is 1. The zero-order valence-electron chi connectivity index (χ0n) is 14.0. The maximum atomic E-state index is 12.1. The lowest BCUT2D eigenvalue weighted by Crippen LogP contribution is -2.17. The van der Waals surface area contributed by atoms with Crippen molar-refractivity contribution in [3.05, 3.63) is 65.5 Å². The first-order chi connectivity index (χ1) is 11.4. The number of hydrogen-bond acceptors (Lipinski definition) is 3. The molecule has 0 saturated carbocycles. The van der Waals surface area contributed by atoms with E-state index in [4.69, 9.17) is 0 Å². The lowest BCUT2D eigenvalue weighted by molar-refractivity contribution is 0.0955. The number of nitrogens with one attached hydrogen (secondary N) is 2. The van der Waals surface area contributed by atoms with Gasteiger partial charge < -0.3 is 4.98 Å². The van der Waals surface area contributed by atoms with E-state index in [1.165, 1.54) is 5.56 Å². The van der Waals surface area contributed by atoms with Gasteiger partial charge in [0.2, 0.25) is 0 Å². The normalized spacial score (nSPS) is 12.0. The predicted molar refractivity (Wildman–Crippen MR) is 96.3 cm³/mol. The van der Waals surface area contributed by atoms with Crippen LogP contribution in [0.25, 0.3) is 11.0 Å². The zero-order chi connectivity index (χ0) is 17.2. The van der Waals surface area contributed by atoms with E-state index in [-0.39, 0.29) is 11.3 Å². The Morgan fingerprint density at radius 1 is 1.17 bits per heavy atom. The summed E-state index contributed by atoms with van der Waals surface area (Å²) in [5, 5.41) is 4.03. The molecule has 0 radical (unpaired) electrons. The Kier molecular flexibility index (Phi) is 4.16. The van der Waals surface area contributed by atoms with Crippen LogP contribution in [0.2, 0.25) is 0 Å². The molecular formula is C19H20N4O. The van der Waals surface area contributed by atoms with Gasteiger partial charge in [-0.1, -0.05) is 45.0 Å². The molecule has 1 amide bonds. The highest BCUT2D eigenvalue weighted by atomic mass is 16.2. The number of rotatable bonds is 3. The molecule has 0 atom stereocenters. The molecule has 24 heavy (non-hydrogen) atoms. The van der Waals surface area contributed by atoms with Crippen LogP contribution in [0.4, 0.5) is 0 Å². The summed E-state index contributed by atoms with van der Waals surface area (Å²) in [5.41, 5.74) is 7.05. The molecule has 0 saturated heterocycles. The van der Waals surface area contributed by atoms with Gasteiger partial charge >= 0.3 is 0 Å². The van der Waals surface area contributed by atoms with Crippen molar-refractivity contribution in [3.8, 4) is 0 Å². The molecule has 3 aromatic rings. The van der Waals surface area contributed by atoms with E-state index in [9.17, 15) is 4.79 Å². The molecule has 0 aliphatic carbocycles. The Morgan fingerprint density at radius 3 is 2.62 bits per heavy atom. The third kappa shape index (κ3) is 3.51. The number of imidazole rings is 1. The van der Waals surface area contributed by atoms with E-state index in [1.807, 2.05) is 12.1 Å². The van der Waals surface area contributed by atoms with Crippen molar-refractivity contribution >= 4 is 23.2 Å². The fraction of sp³-hybridized carbons (Fsp3) is 0.211. The third-order valence-corrected chi connectivity index (χ3v) is 3.84. The van der Waals surface area contributed by atoms with Crippen LogP contribution in [0.5, 0.6) is 0 Å². The average Bonchev–Trinajstić information content (AvgIpc) is 3.02. The first-order valence-electron chi connectivity index (χ1n) is 7.80. The van der Waals surface area contributed by atoms with Crippen molar-refractivity contribution in [1.82, 2.24) is 15.4 Å². The highest BCUT2D eigenvalue weighted by molar-refractivity contribution is 5.97. The molecule has 0 fully saturated rings. The lowest BCUT2D eigenvalue weighted by atomic mass is 9.87. The minimum absolute atomic E-state index is 0.120. The van der Waals surface area contributed by atoms with Crippen LogP contribution in [0.15, 0.2) is 53.9 Å². The number of benzene rings is 2. The maximum Gasteiger partial charge on any atom is 0.271 e. The largest absolute Gasteiger partial charge is 0.345 e. The van der Waals surface area contributed by atoms with Gasteiger partial charge in [-0.2, -0.15) is 5.10 Å². The fourth-order valence-corrected chi connectivity index (χ4v) is 2.38. The van der Waals surface area contributed by atoms with Crippen molar-refractivity contribution in [2.24, 2.45) is 5.10 Å². The standard InChI is InChI=1S/C19H20N4O/c1-19(2,3)15-7-4-13(5-8-15)11-22-23-18(24)14-6-9-16-17(10-14)21-12-20-16/h4-12H,1-3H3,(H,20,21)(H,23,24)/b22-11-. The van der Waals surface area contributed by atoms with Crippen LogP contribution in [-0.2, 0) is 5.41 Å². The summed E-state index contributed by atoms with van der Waals surface area (Å²) in [7, 11) is 0. The summed E-state index contributed by atoms with van der Waals surface area (Å²) in [5.74, 6) is -0.255. The SMILES string of the molecule is CC(C)(C)c1ccc(/C=N\NC(=O)c2ccc3nc[nH]c3c2)cc1. The quantitative estimate of drug-likeness (QED) is 0.571. The number of carbonyl (C=O) groups excluding carboxylic acids is 1. The van der Waals surface area contributed by atoms with Crippen LogP contribution < -0.4 is 5.43 Å². The second kappa shape index (κ2) is 6.28. The third-order valence-electron chi connectivity index (χ3n) is 3.84. The molecule has 1 heterocycles. The van der Waals surface area contributed by atoms with Crippen LogP contribution in [0.1, 0.15) is 42.3 Å². The van der Waals surface area contributed by atoms with Crippen molar-refractivity contribution in [1.29, 1.82) is 0 Å². The monoisotopic (exact) mass is 320 g/mol. The second-order valence-corrected chi connectivity index (χ2v) is 6.71. The minimum atomic E-state index is -0.255. The number of amides is 1. The van der Waals surface area contributed by atoms with Gasteiger partial charge in [-0.15, -0.1) is 0 Å². The average molecular weight is 320 g/mol. The number of hydrogen-bond donors (Lipinski definition) is 2. The maximum absolute atomic E-state index is 12.1. The van der Waals surface area contributed by atoms with E-state index >= 15 is 0 Å². The second-order valence-electron chi connectivity index (χ2n) is 6.71. The molecule has 3 rings (SSSR count). The summed E-state index contributed by atoms with van der Waals surface area (Å²) < 4.78 is 0. The van der Waals surface area contributed by atoms with E-state index < -0.39 is 0 Å². The van der Waals surface area contributed by atoms with Gasteiger partial charge in [0.05, 0.1) is 23.6 Å². The van der Waals surface area contributed by atoms with Crippen molar-refractivity contribution in [3.63, 3.8) is 0 Å². The summed E-state index contributed by atoms with van der Waals surface area (Å²) in [6.07, 6.45) is 3.24. The Bertz CT molecular complexity index is 886. The first kappa shape index (κ1) is 15.9. The summed E-state index contributed by atoms with van der Waals surface area (Å²) in [6, 6.07) is 13.4. The van der Waals surface area contributed by atoms with E-state index in [0.717, 1.165) is 16.6 Å². The number of nitrogens with zero attached hydrogens (tertiary/aromatic N) is 2. The van der Waals surface area contributed by atoms with Gasteiger partial charge in [0.15, 0.2) is 0 Å². The zero-order valence-corrected chi connectivity index (χ0v) is 14.0. The van der Waals surface area contributed by atoms with Gasteiger partial charge in [-0.05, 0) is 34.7 Å². The van der Waals surface area contributed by atoms with Gasteiger partial charge in [-0.25, -0.2) is 10.4 Å². The highest BCUT2D eigenvalue weighted by Gasteiger charge is 2.12. The lowest BCUT2D eigenvalue weighted by Gasteiger charge is -2.18. The van der Waals surface area contributed by atoms with Crippen molar-refractivity contribution in [2.45, 2.75) is 26.2 Å². The summed E-state index contributed by atoms with van der Waals surface area (Å²) in [4.78, 5) is 19.2. The number of aromatic nitrogens is 2. The molecule has 0 bridgehead atoms. The van der Waals surface area contributed by atoms with Crippen LogP contribution >= 0.6 is 0 Å². The first-order valence-corrected chi connectivity index (χ1v) is 7.80. The number of aromatic amines is 1. The summed E-state index contributed by atoms with van der Waals surface area (Å²) in [6.45, 7) is 6.52. The van der Waals surface area contributed by atoms with Gasteiger partial charge in [-0.3, -0.25) is 4.79 Å². The Balaban J connectivity index is 1.66. The van der Waals surface area contributed by atoms with E-state index in [0.29, 0.717) is 5.56 Å². The molecule has 1 aromatic heterocycles. The fourth-order valence-electron chi connectivity index (χ4n) is 2.38. The molecule has 0 aliphatic rings. The van der Waals surface area contributed by atoms with Gasteiger partial charge in [0, 0.05) is 5.56 Å². The van der Waals surface area contributed by atoms with E-state index in [2.05, 4.69) is 53.4 Å². The Morgan fingerprint density at radius 2 is 1.92 bits per heavy atom. The number of carbonyl (C=O) groups is 1. The molecule has 5 nitrogen and oxygen atoms in total. The van der Waals surface area contributed by atoms with Crippen molar-refractivity contribution in [2.75, 3.05) is 0 Å². The van der Waals surface area contributed by atoms with Crippen LogP contribution in [0.3, 0.4) is 0 Å². The van der Waals surface area contributed by atoms with Gasteiger partial charge in [0.1, 0.15) is 0 Å². The van der Waals surface area contributed by atoms with Crippen molar-refractivity contribution < 1.29 is 4.79 Å².